The van der Waals surface area contributed by atoms with Crippen LogP contribution in [0.25, 0.3) is 0 Å². The highest BCUT2D eigenvalue weighted by atomic mass is 19.1. The highest BCUT2D eigenvalue weighted by Gasteiger charge is 2.29. The van der Waals surface area contributed by atoms with Gasteiger partial charge in [-0.1, -0.05) is 24.3 Å². The Bertz CT molecular complexity index is 926. The monoisotopic (exact) mass is 375 g/mol. The molecule has 28 heavy (non-hydrogen) atoms. The molecule has 1 saturated heterocycles. The predicted octanol–water partition coefficient (Wildman–Crippen LogP) is 4.57. The quantitative estimate of drug-likeness (QED) is 0.671. The summed E-state index contributed by atoms with van der Waals surface area (Å²) in [7, 11) is 0. The molecule has 0 spiro atoms. The van der Waals surface area contributed by atoms with Crippen LogP contribution in [0.5, 0.6) is 0 Å². The van der Waals surface area contributed by atoms with Gasteiger partial charge in [-0.25, -0.2) is 4.39 Å². The molecule has 1 aromatic carbocycles. The number of nitrogens with zero attached hydrogens (tertiary/aromatic N) is 3. The van der Waals surface area contributed by atoms with Gasteiger partial charge in [-0.05, 0) is 60.7 Å². The van der Waals surface area contributed by atoms with E-state index in [0.29, 0.717) is 12.1 Å². The zero-order chi connectivity index (χ0) is 19.3. The summed E-state index contributed by atoms with van der Waals surface area (Å²) in [6.07, 6.45) is 7.20. The second kappa shape index (κ2) is 8.30. The summed E-state index contributed by atoms with van der Waals surface area (Å²) >= 11 is 0. The average Bonchev–Trinajstić information content (AvgIpc) is 2.76. The first-order valence-electron chi connectivity index (χ1n) is 9.62. The van der Waals surface area contributed by atoms with E-state index in [2.05, 4.69) is 16.0 Å². The van der Waals surface area contributed by atoms with Crippen LogP contribution in [0, 0.1) is 5.82 Å². The van der Waals surface area contributed by atoms with Gasteiger partial charge in [-0.3, -0.25) is 14.8 Å². The van der Waals surface area contributed by atoms with Crippen LogP contribution in [0.4, 0.5) is 4.39 Å². The molecule has 1 aliphatic rings. The van der Waals surface area contributed by atoms with Crippen molar-refractivity contribution < 1.29 is 9.18 Å². The Hall–Kier alpha value is -3.08. The first kappa shape index (κ1) is 18.3. The number of hydrogen-bond donors (Lipinski definition) is 0. The van der Waals surface area contributed by atoms with Crippen molar-refractivity contribution >= 4 is 5.91 Å². The fourth-order valence-corrected chi connectivity index (χ4v) is 3.71. The van der Waals surface area contributed by atoms with Crippen molar-refractivity contribution in [1.29, 1.82) is 0 Å². The summed E-state index contributed by atoms with van der Waals surface area (Å²) in [5.74, 6) is -0.261. The van der Waals surface area contributed by atoms with Gasteiger partial charge >= 0.3 is 0 Å². The minimum Gasteiger partial charge on any atom is -0.330 e. The maximum atomic E-state index is 13.1. The first-order chi connectivity index (χ1) is 13.7. The molecule has 4 rings (SSSR count). The Kier molecular flexibility index (Phi) is 5.42. The van der Waals surface area contributed by atoms with Crippen LogP contribution in [-0.4, -0.2) is 27.3 Å². The van der Waals surface area contributed by atoms with Crippen molar-refractivity contribution in [3.8, 4) is 0 Å². The summed E-state index contributed by atoms with van der Waals surface area (Å²) in [5.41, 5.74) is 3.47. The van der Waals surface area contributed by atoms with Crippen LogP contribution in [0.2, 0.25) is 0 Å². The molecular weight excluding hydrogens is 353 g/mol. The van der Waals surface area contributed by atoms with Crippen molar-refractivity contribution in [2.24, 2.45) is 0 Å². The normalized spacial score (nSPS) is 16.8. The van der Waals surface area contributed by atoms with E-state index in [0.717, 1.165) is 42.6 Å². The topological polar surface area (TPSA) is 46.1 Å². The molecule has 0 saturated carbocycles. The van der Waals surface area contributed by atoms with Crippen molar-refractivity contribution in [2.45, 2.75) is 31.7 Å². The van der Waals surface area contributed by atoms with Crippen LogP contribution < -0.4 is 0 Å². The number of rotatable bonds is 4. The largest absolute Gasteiger partial charge is 0.330 e. The van der Waals surface area contributed by atoms with Crippen LogP contribution in [0.15, 0.2) is 67.0 Å². The van der Waals surface area contributed by atoms with Gasteiger partial charge in [0.1, 0.15) is 11.5 Å². The number of halogens is 1. The number of piperidine rings is 1. The Labute approximate surface area is 164 Å². The number of benzene rings is 1. The maximum absolute atomic E-state index is 13.1. The number of amides is 1. The third-order valence-electron chi connectivity index (χ3n) is 5.18. The molecule has 2 aromatic heterocycles. The zero-order valence-electron chi connectivity index (χ0n) is 15.6. The van der Waals surface area contributed by atoms with E-state index in [1.807, 2.05) is 29.3 Å². The summed E-state index contributed by atoms with van der Waals surface area (Å²) in [5, 5.41) is 0. The number of hydrogen-bond acceptors (Lipinski definition) is 3. The molecule has 1 atom stereocenters. The van der Waals surface area contributed by atoms with Gasteiger partial charge < -0.3 is 4.90 Å². The van der Waals surface area contributed by atoms with Gasteiger partial charge in [0.05, 0.1) is 6.04 Å². The van der Waals surface area contributed by atoms with Gasteiger partial charge in [-0.15, -0.1) is 0 Å². The number of likely N-dealkylation sites (tertiary alicyclic amines) is 1. The standard InChI is InChI=1S/C23H22FN3O/c24-19-10-7-17(8-11-19)15-20-12-9-18(16-26-20)22-6-2-4-14-27(22)23(28)21-5-1-3-13-25-21/h1,3,5,7-13,16,22H,2,4,6,14-15H2/t22-/m1/s1. The summed E-state index contributed by atoms with van der Waals surface area (Å²) in [6.45, 7) is 0.734. The lowest BCUT2D eigenvalue weighted by molar-refractivity contribution is 0.0605. The average molecular weight is 375 g/mol. The number of pyridine rings is 2. The SMILES string of the molecule is O=C(c1ccccn1)N1CCCC[C@@H]1c1ccc(Cc2ccc(F)cc2)nc1. The summed E-state index contributed by atoms with van der Waals surface area (Å²) < 4.78 is 13.1. The molecule has 0 unspecified atom stereocenters. The molecule has 1 fully saturated rings. The molecule has 3 aromatic rings. The molecule has 0 N–H and O–H groups in total. The van der Waals surface area contributed by atoms with Gasteiger partial charge in [0.15, 0.2) is 0 Å². The Morgan fingerprint density at radius 3 is 2.61 bits per heavy atom. The van der Waals surface area contributed by atoms with Gasteiger partial charge in [0.25, 0.3) is 5.91 Å². The third kappa shape index (κ3) is 4.09. The highest BCUT2D eigenvalue weighted by Crippen LogP contribution is 2.31. The third-order valence-corrected chi connectivity index (χ3v) is 5.18. The van der Waals surface area contributed by atoms with E-state index >= 15 is 0 Å². The Morgan fingerprint density at radius 1 is 1.04 bits per heavy atom. The predicted molar refractivity (Wildman–Crippen MR) is 105 cm³/mol. The van der Waals surface area contributed by atoms with E-state index < -0.39 is 0 Å². The second-order valence-corrected chi connectivity index (χ2v) is 7.11. The molecule has 5 heteroatoms. The fourth-order valence-electron chi connectivity index (χ4n) is 3.71. The van der Waals surface area contributed by atoms with Crippen LogP contribution >= 0.6 is 0 Å². The fraction of sp³-hybridized carbons (Fsp3) is 0.261. The van der Waals surface area contributed by atoms with Crippen molar-refractivity contribution in [1.82, 2.24) is 14.9 Å². The van der Waals surface area contributed by atoms with Crippen molar-refractivity contribution in [3.05, 3.63) is 95.3 Å². The molecule has 0 radical (unpaired) electrons. The molecule has 3 heterocycles. The minimum atomic E-state index is -0.234. The van der Waals surface area contributed by atoms with E-state index in [1.54, 1.807) is 24.4 Å². The lowest BCUT2D eigenvalue weighted by atomic mass is 9.95. The van der Waals surface area contributed by atoms with Crippen molar-refractivity contribution in [3.63, 3.8) is 0 Å². The van der Waals surface area contributed by atoms with E-state index in [9.17, 15) is 9.18 Å². The molecule has 0 bridgehead atoms. The summed E-state index contributed by atoms with van der Waals surface area (Å²) in [6, 6.07) is 16.0. The second-order valence-electron chi connectivity index (χ2n) is 7.11. The van der Waals surface area contributed by atoms with Gasteiger partial charge in [0, 0.05) is 31.1 Å². The zero-order valence-corrected chi connectivity index (χ0v) is 15.6. The van der Waals surface area contributed by atoms with E-state index in [4.69, 9.17) is 0 Å². The molecular formula is C23H22FN3O. The van der Waals surface area contributed by atoms with Crippen LogP contribution in [-0.2, 0) is 6.42 Å². The molecule has 1 aliphatic heterocycles. The molecule has 4 nitrogen and oxygen atoms in total. The summed E-state index contributed by atoms with van der Waals surface area (Å²) in [4.78, 5) is 23.7. The van der Waals surface area contributed by atoms with Crippen LogP contribution in [0.3, 0.4) is 0 Å². The number of carbonyl (C=O) groups excluding carboxylic acids is 1. The molecule has 142 valence electrons. The molecule has 0 aliphatic carbocycles. The highest BCUT2D eigenvalue weighted by molar-refractivity contribution is 5.92. The first-order valence-corrected chi connectivity index (χ1v) is 9.62. The minimum absolute atomic E-state index is 0.0237. The smallest absolute Gasteiger partial charge is 0.272 e. The van der Waals surface area contributed by atoms with E-state index in [-0.39, 0.29) is 17.8 Å². The van der Waals surface area contributed by atoms with Crippen LogP contribution in [0.1, 0.15) is 52.6 Å². The Morgan fingerprint density at radius 2 is 1.89 bits per heavy atom. The van der Waals surface area contributed by atoms with Crippen molar-refractivity contribution in [2.75, 3.05) is 6.54 Å². The van der Waals surface area contributed by atoms with Gasteiger partial charge in [-0.2, -0.15) is 0 Å². The lowest BCUT2D eigenvalue weighted by Gasteiger charge is -2.35. The Balaban J connectivity index is 1.51. The number of carbonyl (C=O) groups is 1. The molecule has 1 amide bonds. The number of aromatic nitrogens is 2. The van der Waals surface area contributed by atoms with Gasteiger partial charge in [0.2, 0.25) is 0 Å². The maximum Gasteiger partial charge on any atom is 0.272 e. The lowest BCUT2D eigenvalue weighted by Crippen LogP contribution is -2.38. The van der Waals surface area contributed by atoms with E-state index in [1.165, 1.54) is 12.1 Å².